The largest absolute Gasteiger partial charge is 0.497 e. The summed E-state index contributed by atoms with van der Waals surface area (Å²) in [5.74, 6) is 1.63. The minimum Gasteiger partial charge on any atom is -0.497 e. The van der Waals surface area contributed by atoms with E-state index in [4.69, 9.17) is 18.9 Å². The van der Waals surface area contributed by atoms with E-state index in [1.807, 2.05) is 30.3 Å². The van der Waals surface area contributed by atoms with Crippen LogP contribution >= 0.6 is 11.8 Å². The van der Waals surface area contributed by atoms with Crippen molar-refractivity contribution in [1.82, 2.24) is 4.90 Å². The van der Waals surface area contributed by atoms with Crippen molar-refractivity contribution in [2.45, 2.75) is 37.2 Å². The van der Waals surface area contributed by atoms with Crippen LogP contribution in [-0.2, 0) is 16.0 Å². The number of amides is 1. The lowest BCUT2D eigenvalue weighted by Gasteiger charge is -2.22. The van der Waals surface area contributed by atoms with Crippen molar-refractivity contribution in [2.24, 2.45) is 0 Å². The monoisotopic (exact) mass is 567 g/mol. The SMILES string of the molecule is CCOC(Cc1ccc(OCCN(CCCCSc2ccccc2)C(=O)Oc2cccc(OC)c2)cc1)C(=O)O. The normalized spacial score (nSPS) is 11.4. The van der Waals surface area contributed by atoms with Crippen molar-refractivity contribution in [1.29, 1.82) is 0 Å². The molecule has 0 fully saturated rings. The van der Waals surface area contributed by atoms with Gasteiger partial charge in [0, 0.05) is 30.5 Å². The van der Waals surface area contributed by atoms with Gasteiger partial charge in [-0.25, -0.2) is 9.59 Å². The second-order valence-electron chi connectivity index (χ2n) is 8.88. The van der Waals surface area contributed by atoms with Crippen LogP contribution in [0.15, 0.2) is 83.8 Å². The summed E-state index contributed by atoms with van der Waals surface area (Å²) in [6.07, 6.45) is 0.720. The van der Waals surface area contributed by atoms with Crippen LogP contribution in [0, 0.1) is 0 Å². The van der Waals surface area contributed by atoms with E-state index in [0.29, 0.717) is 36.9 Å². The number of aliphatic carboxylic acids is 1. The van der Waals surface area contributed by atoms with Crippen LogP contribution in [0.5, 0.6) is 17.2 Å². The molecule has 8 nitrogen and oxygen atoms in total. The first-order valence-electron chi connectivity index (χ1n) is 13.3. The molecule has 1 atom stereocenters. The predicted octanol–water partition coefficient (Wildman–Crippen LogP) is 6.18. The maximum atomic E-state index is 13.0. The van der Waals surface area contributed by atoms with Gasteiger partial charge < -0.3 is 29.0 Å². The zero-order valence-corrected chi connectivity index (χ0v) is 23.8. The summed E-state index contributed by atoms with van der Waals surface area (Å²) < 4.78 is 22.0. The first-order chi connectivity index (χ1) is 19.5. The van der Waals surface area contributed by atoms with Gasteiger partial charge in [-0.15, -0.1) is 11.8 Å². The van der Waals surface area contributed by atoms with Gasteiger partial charge in [0.25, 0.3) is 0 Å². The van der Waals surface area contributed by atoms with Crippen molar-refractivity contribution in [2.75, 3.05) is 39.2 Å². The first kappa shape index (κ1) is 30.8. The van der Waals surface area contributed by atoms with E-state index < -0.39 is 18.2 Å². The Bertz CT molecular complexity index is 1170. The Balaban J connectivity index is 1.52. The molecule has 0 aliphatic rings. The zero-order valence-electron chi connectivity index (χ0n) is 23.0. The highest BCUT2D eigenvalue weighted by molar-refractivity contribution is 7.99. The minimum atomic E-state index is -0.984. The number of carbonyl (C=O) groups is 2. The molecular formula is C31H37NO7S. The Morgan fingerprint density at radius 1 is 0.900 bits per heavy atom. The highest BCUT2D eigenvalue weighted by Crippen LogP contribution is 2.21. The molecule has 0 spiro atoms. The average Bonchev–Trinajstić information content (AvgIpc) is 2.97. The number of hydrogen-bond acceptors (Lipinski definition) is 7. The summed E-state index contributed by atoms with van der Waals surface area (Å²) in [5.41, 5.74) is 0.838. The second kappa shape index (κ2) is 17.1. The van der Waals surface area contributed by atoms with Gasteiger partial charge >= 0.3 is 12.1 Å². The number of nitrogens with zero attached hydrogens (tertiary/aromatic N) is 1. The Morgan fingerprint density at radius 2 is 1.65 bits per heavy atom. The van der Waals surface area contributed by atoms with Gasteiger partial charge in [0.1, 0.15) is 23.9 Å². The van der Waals surface area contributed by atoms with Crippen LogP contribution in [0.1, 0.15) is 25.3 Å². The second-order valence-corrected chi connectivity index (χ2v) is 10.0. The lowest BCUT2D eigenvalue weighted by Crippen LogP contribution is -2.37. The molecule has 9 heteroatoms. The molecular weight excluding hydrogens is 530 g/mol. The van der Waals surface area contributed by atoms with E-state index in [2.05, 4.69) is 12.1 Å². The summed E-state index contributed by atoms with van der Waals surface area (Å²) >= 11 is 1.80. The molecule has 214 valence electrons. The molecule has 40 heavy (non-hydrogen) atoms. The maximum absolute atomic E-state index is 13.0. The van der Waals surface area contributed by atoms with Crippen LogP contribution in [0.3, 0.4) is 0 Å². The summed E-state index contributed by atoms with van der Waals surface area (Å²) in [5, 5.41) is 9.30. The number of carboxylic acid groups (broad SMARTS) is 1. The maximum Gasteiger partial charge on any atom is 0.415 e. The number of unbranched alkanes of at least 4 members (excludes halogenated alkanes) is 1. The average molecular weight is 568 g/mol. The molecule has 0 aliphatic carbocycles. The van der Waals surface area contributed by atoms with E-state index in [9.17, 15) is 14.7 Å². The molecule has 0 bridgehead atoms. The first-order valence-corrected chi connectivity index (χ1v) is 14.3. The zero-order chi connectivity index (χ0) is 28.6. The van der Waals surface area contributed by atoms with Crippen LogP contribution in [0.2, 0.25) is 0 Å². The lowest BCUT2D eigenvalue weighted by molar-refractivity contribution is -0.149. The van der Waals surface area contributed by atoms with Gasteiger partial charge in [-0.3, -0.25) is 0 Å². The topological polar surface area (TPSA) is 94.5 Å². The van der Waals surface area contributed by atoms with Crippen LogP contribution in [-0.4, -0.2) is 67.3 Å². The number of ether oxygens (including phenoxy) is 4. The Morgan fingerprint density at radius 3 is 2.35 bits per heavy atom. The molecule has 3 aromatic rings. The van der Waals surface area contributed by atoms with Gasteiger partial charge in [-0.05, 0) is 67.5 Å². The van der Waals surface area contributed by atoms with Crippen molar-refractivity contribution in [3.05, 3.63) is 84.4 Å². The van der Waals surface area contributed by atoms with Gasteiger partial charge in [-0.2, -0.15) is 0 Å². The molecule has 1 unspecified atom stereocenters. The Kier molecular flexibility index (Phi) is 13.2. The van der Waals surface area contributed by atoms with Crippen molar-refractivity contribution in [3.8, 4) is 17.2 Å². The van der Waals surface area contributed by atoms with Gasteiger partial charge in [0.05, 0.1) is 13.7 Å². The molecule has 3 rings (SSSR count). The number of thioether (sulfide) groups is 1. The van der Waals surface area contributed by atoms with Crippen molar-refractivity contribution in [3.63, 3.8) is 0 Å². The van der Waals surface area contributed by atoms with Crippen molar-refractivity contribution >= 4 is 23.8 Å². The minimum absolute atomic E-state index is 0.274. The molecule has 1 amide bonds. The van der Waals surface area contributed by atoms with Crippen LogP contribution in [0.25, 0.3) is 0 Å². The van der Waals surface area contributed by atoms with Gasteiger partial charge in [0.15, 0.2) is 6.10 Å². The third-order valence-electron chi connectivity index (χ3n) is 5.96. The highest BCUT2D eigenvalue weighted by atomic mass is 32.2. The molecule has 0 radical (unpaired) electrons. The van der Waals surface area contributed by atoms with E-state index in [1.165, 1.54) is 4.90 Å². The van der Waals surface area contributed by atoms with E-state index in [1.54, 1.807) is 67.1 Å². The molecule has 0 saturated heterocycles. The molecule has 1 N–H and O–H groups in total. The molecule has 3 aromatic carbocycles. The van der Waals surface area contributed by atoms with E-state index in [0.717, 1.165) is 24.2 Å². The number of carboxylic acids is 1. The predicted molar refractivity (Wildman–Crippen MR) is 156 cm³/mol. The summed E-state index contributed by atoms with van der Waals surface area (Å²) in [4.78, 5) is 27.3. The number of methoxy groups -OCH3 is 1. The van der Waals surface area contributed by atoms with Crippen LogP contribution < -0.4 is 14.2 Å². The fourth-order valence-corrected chi connectivity index (χ4v) is 4.80. The van der Waals surface area contributed by atoms with E-state index in [-0.39, 0.29) is 13.0 Å². The quantitative estimate of drug-likeness (QED) is 0.153. The number of rotatable bonds is 17. The Labute approximate surface area is 240 Å². The summed E-state index contributed by atoms with van der Waals surface area (Å²) in [6, 6.07) is 24.4. The van der Waals surface area contributed by atoms with E-state index >= 15 is 0 Å². The third kappa shape index (κ3) is 10.8. The van der Waals surface area contributed by atoms with Gasteiger partial charge in [-0.1, -0.05) is 36.4 Å². The third-order valence-corrected chi connectivity index (χ3v) is 7.05. The van der Waals surface area contributed by atoms with Gasteiger partial charge in [0.2, 0.25) is 0 Å². The lowest BCUT2D eigenvalue weighted by atomic mass is 10.1. The summed E-state index contributed by atoms with van der Waals surface area (Å²) in [6.45, 7) is 3.27. The molecule has 0 aromatic heterocycles. The number of benzene rings is 3. The molecule has 0 aliphatic heterocycles. The summed E-state index contributed by atoms with van der Waals surface area (Å²) in [7, 11) is 1.56. The fourth-order valence-electron chi connectivity index (χ4n) is 3.86. The molecule has 0 saturated carbocycles. The number of carbonyl (C=O) groups excluding carboxylic acids is 1. The Hall–Kier alpha value is -3.69. The molecule has 0 heterocycles. The van der Waals surface area contributed by atoms with Crippen molar-refractivity contribution < 1.29 is 33.6 Å². The highest BCUT2D eigenvalue weighted by Gasteiger charge is 2.18. The fraction of sp³-hybridized carbons (Fsp3) is 0.355. The van der Waals surface area contributed by atoms with Crippen LogP contribution in [0.4, 0.5) is 4.79 Å². The number of hydrogen-bond donors (Lipinski definition) is 1. The smallest absolute Gasteiger partial charge is 0.415 e. The standard InChI is InChI=1S/C31H37NO7S/c1-3-37-29(30(33)34)22-24-14-16-25(17-15-24)38-20-19-32(18-7-8-21-40-28-12-5-4-6-13-28)31(35)39-27-11-9-10-26(23-27)36-2/h4-6,9-17,23,29H,3,7-8,18-22H2,1-2H3,(H,33,34).